The molecule has 0 spiro atoms. The molecule has 8 aromatic carbocycles. The summed E-state index contributed by atoms with van der Waals surface area (Å²) in [7, 11) is 0. The van der Waals surface area contributed by atoms with Gasteiger partial charge in [0.15, 0.2) is 0 Å². The summed E-state index contributed by atoms with van der Waals surface area (Å²) in [4.78, 5) is 4.62. The van der Waals surface area contributed by atoms with E-state index in [1.54, 1.807) is 0 Å². The molecule has 1 heterocycles. The van der Waals surface area contributed by atoms with Crippen LogP contribution in [0.3, 0.4) is 0 Å². The van der Waals surface area contributed by atoms with Crippen molar-refractivity contribution in [2.45, 2.75) is 0 Å². The first kappa shape index (κ1) is 30.0. The second-order valence-electron chi connectivity index (χ2n) is 12.4. The van der Waals surface area contributed by atoms with Crippen molar-refractivity contribution < 1.29 is 4.42 Å². The molecule has 0 atom stereocenters. The topological polar surface area (TPSA) is 19.6 Å². The van der Waals surface area contributed by atoms with Gasteiger partial charge in [0.05, 0.1) is 0 Å². The van der Waals surface area contributed by atoms with Crippen LogP contribution in [0.4, 0.5) is 34.1 Å². The number of anilines is 6. The van der Waals surface area contributed by atoms with Crippen molar-refractivity contribution in [2.75, 3.05) is 9.80 Å². The Kier molecular flexibility index (Phi) is 7.64. The highest BCUT2D eigenvalue weighted by Crippen LogP contribution is 2.44. The van der Waals surface area contributed by atoms with Gasteiger partial charge < -0.3 is 14.2 Å². The average molecular weight is 708 g/mol. The zero-order valence-corrected chi connectivity index (χ0v) is 28.7. The number of hydrogen-bond acceptors (Lipinski definition) is 3. The molecule has 0 radical (unpaired) electrons. The first-order valence-corrected chi connectivity index (χ1v) is 17.5. The Bertz CT molecular complexity index is 2570. The molecule has 0 aliphatic carbocycles. The van der Waals surface area contributed by atoms with Gasteiger partial charge in [0, 0.05) is 49.4 Å². The zero-order valence-electron chi connectivity index (χ0n) is 27.1. The largest absolute Gasteiger partial charge is 0.456 e. The van der Waals surface area contributed by atoms with E-state index in [1.807, 2.05) is 12.1 Å². The minimum absolute atomic E-state index is 0.871. The molecule has 0 aliphatic heterocycles. The van der Waals surface area contributed by atoms with Gasteiger partial charge in [-0.25, -0.2) is 0 Å². The second-order valence-corrected chi connectivity index (χ2v) is 13.3. The highest BCUT2D eigenvalue weighted by atomic mass is 79.9. The summed E-state index contributed by atoms with van der Waals surface area (Å²) in [6, 6.07) is 66.4. The third-order valence-corrected chi connectivity index (χ3v) is 9.71. The standard InChI is InChI=1S/C46H31BrN2O/c47-34-28-39(48(35-14-3-1-4-15-35)36-16-5-2-6-17-36)30-40(29-34)49(38-26-27-46-44(31-38)43-19-9-10-21-45(43)50-46)37-24-22-33(23-25-37)42-20-11-13-32-12-7-8-18-41(32)42/h1-31H. The van der Waals surface area contributed by atoms with Gasteiger partial charge in [-0.3, -0.25) is 0 Å². The van der Waals surface area contributed by atoms with Gasteiger partial charge >= 0.3 is 0 Å². The van der Waals surface area contributed by atoms with E-state index >= 15 is 0 Å². The molecule has 3 nitrogen and oxygen atoms in total. The molecule has 0 amide bonds. The van der Waals surface area contributed by atoms with Crippen LogP contribution in [0, 0.1) is 0 Å². The van der Waals surface area contributed by atoms with Crippen molar-refractivity contribution in [3.8, 4) is 11.1 Å². The van der Waals surface area contributed by atoms with Crippen molar-refractivity contribution in [1.82, 2.24) is 0 Å². The van der Waals surface area contributed by atoms with Crippen LogP contribution < -0.4 is 9.80 Å². The number of para-hydroxylation sites is 3. The highest BCUT2D eigenvalue weighted by molar-refractivity contribution is 9.10. The van der Waals surface area contributed by atoms with Crippen molar-refractivity contribution in [2.24, 2.45) is 0 Å². The molecule has 50 heavy (non-hydrogen) atoms. The molecule has 0 aliphatic rings. The van der Waals surface area contributed by atoms with Gasteiger partial charge in [-0.15, -0.1) is 0 Å². The fourth-order valence-corrected chi connectivity index (χ4v) is 7.46. The maximum atomic E-state index is 6.23. The summed E-state index contributed by atoms with van der Waals surface area (Å²) >= 11 is 3.90. The maximum absolute atomic E-state index is 6.23. The summed E-state index contributed by atoms with van der Waals surface area (Å²) in [6.07, 6.45) is 0. The minimum Gasteiger partial charge on any atom is -0.456 e. The van der Waals surface area contributed by atoms with E-state index < -0.39 is 0 Å². The molecule has 0 bridgehead atoms. The fourth-order valence-electron chi connectivity index (χ4n) is 6.99. The summed E-state index contributed by atoms with van der Waals surface area (Å²) in [5.74, 6) is 0. The molecule has 9 rings (SSSR count). The van der Waals surface area contributed by atoms with Gasteiger partial charge in [-0.1, -0.05) is 125 Å². The van der Waals surface area contributed by atoms with Crippen LogP contribution in [0.2, 0.25) is 0 Å². The van der Waals surface area contributed by atoms with E-state index in [0.29, 0.717) is 0 Å². The maximum Gasteiger partial charge on any atom is 0.135 e. The molecular formula is C46H31BrN2O. The van der Waals surface area contributed by atoms with E-state index in [2.05, 4.69) is 202 Å². The van der Waals surface area contributed by atoms with Crippen molar-refractivity contribution in [3.05, 3.63) is 193 Å². The Morgan fingerprint density at radius 2 is 0.900 bits per heavy atom. The van der Waals surface area contributed by atoms with Crippen LogP contribution in [0.1, 0.15) is 0 Å². The Morgan fingerprint density at radius 3 is 1.62 bits per heavy atom. The average Bonchev–Trinajstić information content (AvgIpc) is 3.54. The lowest BCUT2D eigenvalue weighted by molar-refractivity contribution is 0.669. The SMILES string of the molecule is Brc1cc(N(c2ccccc2)c2ccccc2)cc(N(c2ccc(-c3cccc4ccccc34)cc2)c2ccc3oc4ccccc4c3c2)c1. The predicted molar refractivity (Wildman–Crippen MR) is 214 cm³/mol. The number of nitrogens with zero attached hydrogens (tertiary/aromatic N) is 2. The first-order valence-electron chi connectivity index (χ1n) is 16.7. The van der Waals surface area contributed by atoms with Crippen molar-refractivity contribution >= 4 is 82.8 Å². The highest BCUT2D eigenvalue weighted by Gasteiger charge is 2.20. The van der Waals surface area contributed by atoms with Crippen LogP contribution in [0.25, 0.3) is 43.8 Å². The Labute approximate surface area is 299 Å². The molecule has 0 unspecified atom stereocenters. The van der Waals surface area contributed by atoms with Crippen LogP contribution >= 0.6 is 15.9 Å². The molecule has 0 saturated carbocycles. The minimum atomic E-state index is 0.871. The number of hydrogen-bond donors (Lipinski definition) is 0. The van der Waals surface area contributed by atoms with Crippen LogP contribution in [0.15, 0.2) is 197 Å². The molecule has 0 N–H and O–H groups in total. The Morgan fingerprint density at radius 1 is 0.360 bits per heavy atom. The van der Waals surface area contributed by atoms with E-state index in [1.165, 1.54) is 21.9 Å². The number of rotatable bonds is 7. The van der Waals surface area contributed by atoms with E-state index in [4.69, 9.17) is 4.42 Å². The van der Waals surface area contributed by atoms with Crippen LogP contribution in [-0.2, 0) is 0 Å². The lowest BCUT2D eigenvalue weighted by atomic mass is 9.98. The quantitative estimate of drug-likeness (QED) is 0.164. The zero-order chi connectivity index (χ0) is 33.4. The van der Waals surface area contributed by atoms with Crippen LogP contribution in [0.5, 0.6) is 0 Å². The van der Waals surface area contributed by atoms with Crippen LogP contribution in [-0.4, -0.2) is 0 Å². The fraction of sp³-hybridized carbons (Fsp3) is 0. The van der Waals surface area contributed by atoms with Gasteiger partial charge in [0.2, 0.25) is 0 Å². The van der Waals surface area contributed by atoms with Gasteiger partial charge in [-0.05, 0) is 101 Å². The molecule has 9 aromatic rings. The molecule has 0 saturated heterocycles. The molecule has 0 fully saturated rings. The number of halogens is 1. The summed E-state index contributed by atoms with van der Waals surface area (Å²) < 4.78 is 7.21. The van der Waals surface area contributed by atoms with Gasteiger partial charge in [0.25, 0.3) is 0 Å². The molecule has 1 aromatic heterocycles. The summed E-state index contributed by atoms with van der Waals surface area (Å²) in [6.45, 7) is 0. The molecule has 238 valence electrons. The third-order valence-electron chi connectivity index (χ3n) is 9.26. The number of furan rings is 1. The summed E-state index contributed by atoms with van der Waals surface area (Å²) in [5.41, 5.74) is 10.5. The Hall–Kier alpha value is -6.10. The number of benzene rings is 8. The predicted octanol–water partition coefficient (Wildman–Crippen LogP) is 14.1. The molecular weight excluding hydrogens is 676 g/mol. The van der Waals surface area contributed by atoms with Crippen molar-refractivity contribution in [1.29, 1.82) is 0 Å². The lowest BCUT2D eigenvalue weighted by Gasteiger charge is -2.30. The van der Waals surface area contributed by atoms with E-state index in [9.17, 15) is 0 Å². The monoisotopic (exact) mass is 706 g/mol. The normalized spacial score (nSPS) is 11.3. The second kappa shape index (κ2) is 12.7. The Balaban J connectivity index is 1.23. The third kappa shape index (κ3) is 5.50. The summed E-state index contributed by atoms with van der Waals surface area (Å²) in [5, 5.41) is 4.67. The lowest BCUT2D eigenvalue weighted by Crippen LogP contribution is -2.13. The number of fused-ring (bicyclic) bond motifs is 4. The van der Waals surface area contributed by atoms with Crippen molar-refractivity contribution in [3.63, 3.8) is 0 Å². The molecule has 4 heteroatoms. The smallest absolute Gasteiger partial charge is 0.135 e. The van der Waals surface area contributed by atoms with Gasteiger partial charge in [0.1, 0.15) is 11.2 Å². The van der Waals surface area contributed by atoms with Gasteiger partial charge in [-0.2, -0.15) is 0 Å². The first-order chi connectivity index (χ1) is 24.7. The van der Waals surface area contributed by atoms with E-state index in [0.717, 1.165) is 60.5 Å². The van der Waals surface area contributed by atoms with E-state index in [-0.39, 0.29) is 0 Å².